The molecule has 0 aliphatic heterocycles. The van der Waals surface area contributed by atoms with E-state index in [2.05, 4.69) is 59.7 Å². The summed E-state index contributed by atoms with van der Waals surface area (Å²) in [6.07, 6.45) is 0.402. The van der Waals surface area contributed by atoms with E-state index in [1.54, 1.807) is 0 Å². The molecule has 0 spiro atoms. The average molecular weight is 484 g/mol. The Kier molecular flexibility index (Phi) is 8.06. The van der Waals surface area contributed by atoms with Crippen LogP contribution in [0.3, 0.4) is 0 Å². The van der Waals surface area contributed by atoms with Crippen molar-refractivity contribution in [1.82, 2.24) is 10.6 Å². The first-order valence-electron chi connectivity index (χ1n) is 12.5. The van der Waals surface area contributed by atoms with Gasteiger partial charge in [-0.2, -0.15) is 0 Å². The van der Waals surface area contributed by atoms with Crippen LogP contribution in [0.15, 0.2) is 82.0 Å². The lowest BCUT2D eigenvalue weighted by atomic mass is 10.0. The fraction of sp³-hybridized carbons (Fsp3) is 0.267. The van der Waals surface area contributed by atoms with Gasteiger partial charge in [-0.05, 0) is 67.6 Å². The van der Waals surface area contributed by atoms with Gasteiger partial charge in [-0.25, -0.2) is 9.59 Å². The minimum atomic E-state index is -0.350. The Morgan fingerprint density at radius 3 is 2.39 bits per heavy atom. The van der Waals surface area contributed by atoms with Crippen LogP contribution in [0.25, 0.3) is 22.1 Å². The van der Waals surface area contributed by atoms with Crippen LogP contribution in [-0.2, 0) is 13.0 Å². The van der Waals surface area contributed by atoms with Crippen molar-refractivity contribution in [2.45, 2.75) is 33.7 Å². The van der Waals surface area contributed by atoms with E-state index < -0.39 is 0 Å². The van der Waals surface area contributed by atoms with Crippen molar-refractivity contribution in [2.75, 3.05) is 24.5 Å². The Balaban J connectivity index is 1.35. The summed E-state index contributed by atoms with van der Waals surface area (Å²) in [6.45, 7) is 8.66. The van der Waals surface area contributed by atoms with Crippen LogP contribution in [0.5, 0.6) is 0 Å². The first-order valence-corrected chi connectivity index (χ1v) is 12.5. The molecule has 36 heavy (non-hydrogen) atoms. The molecule has 2 N–H and O–H groups in total. The molecule has 1 aromatic heterocycles. The summed E-state index contributed by atoms with van der Waals surface area (Å²) in [6, 6.07) is 24.0. The topological polar surface area (TPSA) is 74.6 Å². The SMILES string of the molecule is CCN(CC)c1ccc2c(C)c(CCNC(=O)NCc3cccc(-c4ccccc4)c3)c(=O)oc2c1. The largest absolute Gasteiger partial charge is 0.422 e. The molecule has 0 bridgehead atoms. The fourth-order valence-corrected chi connectivity index (χ4v) is 4.49. The highest BCUT2D eigenvalue weighted by molar-refractivity contribution is 5.84. The van der Waals surface area contributed by atoms with Crippen LogP contribution in [0.2, 0.25) is 0 Å². The molecular formula is C30H33N3O3. The molecule has 0 saturated carbocycles. The Morgan fingerprint density at radius 2 is 1.64 bits per heavy atom. The summed E-state index contributed by atoms with van der Waals surface area (Å²) in [5.41, 5.74) is 6.03. The Labute approximate surface area is 211 Å². The Morgan fingerprint density at radius 1 is 0.889 bits per heavy atom. The molecule has 1 heterocycles. The van der Waals surface area contributed by atoms with E-state index in [-0.39, 0.29) is 11.7 Å². The number of benzene rings is 3. The number of hydrogen-bond acceptors (Lipinski definition) is 4. The van der Waals surface area contributed by atoms with Crippen LogP contribution in [-0.4, -0.2) is 25.7 Å². The van der Waals surface area contributed by atoms with Crippen molar-refractivity contribution in [1.29, 1.82) is 0 Å². The van der Waals surface area contributed by atoms with Crippen molar-refractivity contribution >= 4 is 22.7 Å². The van der Waals surface area contributed by atoms with Crippen LogP contribution in [0, 0.1) is 6.92 Å². The first kappa shape index (κ1) is 25.0. The molecule has 4 aromatic rings. The number of nitrogens with zero attached hydrogens (tertiary/aromatic N) is 1. The number of fused-ring (bicyclic) bond motifs is 1. The van der Waals surface area contributed by atoms with Crippen LogP contribution >= 0.6 is 0 Å². The van der Waals surface area contributed by atoms with Gasteiger partial charge in [-0.3, -0.25) is 0 Å². The summed E-state index contributed by atoms with van der Waals surface area (Å²) in [4.78, 5) is 27.3. The third kappa shape index (κ3) is 5.77. The molecule has 6 nitrogen and oxygen atoms in total. The van der Waals surface area contributed by atoms with Gasteiger partial charge in [0.15, 0.2) is 0 Å². The molecule has 0 unspecified atom stereocenters. The molecule has 0 aliphatic rings. The summed E-state index contributed by atoms with van der Waals surface area (Å²) in [5.74, 6) is 0. The van der Waals surface area contributed by atoms with Gasteiger partial charge in [0.1, 0.15) is 5.58 Å². The second-order valence-electron chi connectivity index (χ2n) is 8.77. The van der Waals surface area contributed by atoms with Crippen molar-refractivity contribution in [2.24, 2.45) is 0 Å². The number of hydrogen-bond donors (Lipinski definition) is 2. The lowest BCUT2D eigenvalue weighted by Gasteiger charge is -2.21. The van der Waals surface area contributed by atoms with Gasteiger partial charge in [0, 0.05) is 48.9 Å². The highest BCUT2D eigenvalue weighted by Gasteiger charge is 2.13. The second-order valence-corrected chi connectivity index (χ2v) is 8.77. The van der Waals surface area contributed by atoms with E-state index in [0.29, 0.717) is 30.7 Å². The first-order chi connectivity index (χ1) is 17.5. The van der Waals surface area contributed by atoms with Gasteiger partial charge in [0.2, 0.25) is 0 Å². The number of rotatable bonds is 9. The van der Waals surface area contributed by atoms with Crippen molar-refractivity contribution in [3.63, 3.8) is 0 Å². The van der Waals surface area contributed by atoms with Gasteiger partial charge in [-0.15, -0.1) is 0 Å². The van der Waals surface area contributed by atoms with Gasteiger partial charge in [-0.1, -0.05) is 48.5 Å². The number of amides is 2. The van der Waals surface area contributed by atoms with Gasteiger partial charge in [0.25, 0.3) is 0 Å². The standard InChI is InChI=1S/C30H33N3O3/c1-4-33(5-2)25-14-15-26-21(3)27(29(34)36-28(26)19-25)16-17-31-30(35)32-20-22-10-9-13-24(18-22)23-11-7-6-8-12-23/h6-15,18-19H,4-5,16-17,20H2,1-3H3,(H2,31,32,35). The van der Waals surface area contributed by atoms with Crippen molar-refractivity contribution in [3.8, 4) is 11.1 Å². The highest BCUT2D eigenvalue weighted by atomic mass is 16.4. The summed E-state index contributed by atoms with van der Waals surface area (Å²) in [7, 11) is 0. The number of aryl methyl sites for hydroxylation is 1. The molecule has 4 rings (SSSR count). The molecular weight excluding hydrogens is 450 g/mol. The summed E-state index contributed by atoms with van der Waals surface area (Å²) < 4.78 is 5.65. The van der Waals surface area contributed by atoms with Crippen molar-refractivity contribution < 1.29 is 9.21 Å². The van der Waals surface area contributed by atoms with Crippen LogP contribution in [0.1, 0.15) is 30.5 Å². The van der Waals surface area contributed by atoms with Crippen molar-refractivity contribution in [3.05, 3.63) is 99.9 Å². The predicted octanol–water partition coefficient (Wildman–Crippen LogP) is 5.66. The molecule has 0 radical (unpaired) electrons. The Hall–Kier alpha value is -4.06. The van der Waals surface area contributed by atoms with Crippen LogP contribution in [0.4, 0.5) is 10.5 Å². The zero-order valence-corrected chi connectivity index (χ0v) is 21.1. The van der Waals surface area contributed by atoms with Crippen LogP contribution < -0.4 is 21.2 Å². The normalized spacial score (nSPS) is 10.9. The minimum Gasteiger partial charge on any atom is -0.422 e. The van der Waals surface area contributed by atoms with E-state index in [4.69, 9.17) is 4.42 Å². The maximum atomic E-state index is 12.7. The smallest absolute Gasteiger partial charge is 0.339 e. The number of anilines is 1. The van der Waals surface area contributed by atoms with Gasteiger partial charge in [0.05, 0.1) is 0 Å². The van der Waals surface area contributed by atoms with E-state index in [1.165, 1.54) is 0 Å². The molecule has 186 valence electrons. The monoisotopic (exact) mass is 483 g/mol. The predicted molar refractivity (Wildman–Crippen MR) is 147 cm³/mol. The number of carbonyl (C=O) groups excluding carboxylic acids is 1. The number of urea groups is 1. The third-order valence-electron chi connectivity index (χ3n) is 6.55. The van der Waals surface area contributed by atoms with Gasteiger partial charge < -0.3 is 20.0 Å². The maximum Gasteiger partial charge on any atom is 0.339 e. The molecule has 0 aliphatic carbocycles. The molecule has 6 heteroatoms. The van der Waals surface area contributed by atoms with Gasteiger partial charge >= 0.3 is 11.7 Å². The van der Waals surface area contributed by atoms with E-state index in [0.717, 1.165) is 46.4 Å². The Bertz CT molecular complexity index is 1390. The lowest BCUT2D eigenvalue weighted by Crippen LogP contribution is -2.36. The minimum absolute atomic E-state index is 0.271. The zero-order valence-electron chi connectivity index (χ0n) is 21.1. The summed E-state index contributed by atoms with van der Waals surface area (Å²) in [5, 5.41) is 6.67. The summed E-state index contributed by atoms with van der Waals surface area (Å²) >= 11 is 0. The average Bonchev–Trinajstić information content (AvgIpc) is 2.90. The number of nitrogens with one attached hydrogen (secondary N) is 2. The van der Waals surface area contributed by atoms with E-state index in [9.17, 15) is 9.59 Å². The maximum absolute atomic E-state index is 12.7. The van der Waals surface area contributed by atoms with E-state index in [1.807, 2.05) is 49.4 Å². The quantitative estimate of drug-likeness (QED) is 0.302. The molecule has 0 fully saturated rings. The van der Waals surface area contributed by atoms with E-state index >= 15 is 0 Å². The fourth-order valence-electron chi connectivity index (χ4n) is 4.49. The zero-order chi connectivity index (χ0) is 25.5. The second kappa shape index (κ2) is 11.6. The lowest BCUT2D eigenvalue weighted by molar-refractivity contribution is 0.240. The molecule has 3 aromatic carbocycles. The molecule has 0 saturated heterocycles. The third-order valence-corrected chi connectivity index (χ3v) is 6.55. The highest BCUT2D eigenvalue weighted by Crippen LogP contribution is 2.25. The molecule has 2 amide bonds. The number of carbonyl (C=O) groups is 1. The molecule has 0 atom stereocenters.